The van der Waals surface area contributed by atoms with Crippen molar-refractivity contribution in [1.82, 2.24) is 9.20 Å². The Balaban J connectivity index is 2.32. The summed E-state index contributed by atoms with van der Waals surface area (Å²) in [5.74, 6) is 0. The second kappa shape index (κ2) is 5.36. The van der Waals surface area contributed by atoms with Crippen LogP contribution in [-0.4, -0.2) is 9.20 Å². The van der Waals surface area contributed by atoms with E-state index in [0.29, 0.717) is 6.54 Å². The Bertz CT molecular complexity index is 595. The van der Waals surface area contributed by atoms with Crippen LogP contribution in [-0.2, 0) is 6.54 Å². The maximum absolute atomic E-state index is 11.8. The fourth-order valence-corrected chi connectivity index (χ4v) is 2.13. The second-order valence-corrected chi connectivity index (χ2v) is 4.81. The lowest BCUT2D eigenvalue weighted by Crippen LogP contribution is -2.18. The Labute approximate surface area is 108 Å². The molecule has 4 heteroatoms. The van der Waals surface area contributed by atoms with Crippen LogP contribution in [0.2, 0.25) is 0 Å². The van der Waals surface area contributed by atoms with Crippen molar-refractivity contribution in [3.05, 3.63) is 51.4 Å². The first-order valence-electron chi connectivity index (χ1n) is 5.75. The molecule has 2 heterocycles. The van der Waals surface area contributed by atoms with E-state index in [1.54, 1.807) is 10.7 Å². The summed E-state index contributed by atoms with van der Waals surface area (Å²) >= 11 is 3.42. The first-order valence-corrected chi connectivity index (χ1v) is 6.54. The van der Waals surface area contributed by atoms with Crippen LogP contribution in [0, 0.1) is 0 Å². The van der Waals surface area contributed by atoms with Gasteiger partial charge in [-0.3, -0.25) is 9.31 Å². The topological polar surface area (TPSA) is 26.4 Å². The van der Waals surface area contributed by atoms with Crippen molar-refractivity contribution in [3.63, 3.8) is 0 Å². The smallest absolute Gasteiger partial charge is 0.267 e. The monoisotopic (exact) mass is 294 g/mol. The third-order valence-corrected chi connectivity index (χ3v) is 3.09. The molecular formula is C13H15BrN2O. The minimum Gasteiger partial charge on any atom is -0.268 e. The lowest BCUT2D eigenvalue weighted by Gasteiger charge is -2.05. The summed E-state index contributed by atoms with van der Waals surface area (Å²) in [6.07, 6.45) is 8.07. The normalized spacial score (nSPS) is 11.6. The van der Waals surface area contributed by atoms with Gasteiger partial charge in [0.15, 0.2) is 0 Å². The van der Waals surface area contributed by atoms with Crippen molar-refractivity contribution >= 4 is 21.4 Å². The Morgan fingerprint density at radius 1 is 1.35 bits per heavy atom. The first-order chi connectivity index (χ1) is 8.22. The van der Waals surface area contributed by atoms with Crippen LogP contribution in [0.5, 0.6) is 0 Å². The van der Waals surface area contributed by atoms with Gasteiger partial charge in [0.25, 0.3) is 5.56 Å². The molecule has 0 aromatic carbocycles. The largest absolute Gasteiger partial charge is 0.268 e. The lowest BCUT2D eigenvalue weighted by molar-refractivity contribution is 0.567. The molecule has 2 rings (SSSR count). The van der Waals surface area contributed by atoms with Gasteiger partial charge < -0.3 is 0 Å². The molecule has 2 aromatic rings. The molecule has 0 bridgehead atoms. The minimum absolute atomic E-state index is 0.0491. The predicted octanol–water partition coefficient (Wildman–Crippen LogP) is 3.22. The van der Waals surface area contributed by atoms with Crippen molar-refractivity contribution in [1.29, 1.82) is 0 Å². The molecule has 0 atom stereocenters. The van der Waals surface area contributed by atoms with Gasteiger partial charge >= 0.3 is 0 Å². The van der Waals surface area contributed by atoms with E-state index in [0.717, 1.165) is 22.8 Å². The molecule has 0 radical (unpaired) electrons. The van der Waals surface area contributed by atoms with Crippen molar-refractivity contribution < 1.29 is 0 Å². The first kappa shape index (κ1) is 12.2. The maximum Gasteiger partial charge on any atom is 0.267 e. The number of aryl methyl sites for hydroxylation is 1. The lowest BCUT2D eigenvalue weighted by atomic mass is 10.3. The molecule has 0 amide bonds. The molecule has 3 nitrogen and oxygen atoms in total. The van der Waals surface area contributed by atoms with Gasteiger partial charge in [0.05, 0.1) is 5.52 Å². The summed E-state index contributed by atoms with van der Waals surface area (Å²) < 4.78 is 4.62. The standard InChI is InChI=1S/C13H15BrN2O/c1-2-3-4-5-8-15-13(17)9-12-7-6-11(14)10-16(12)15/h3-4,6-7,9-10H,2,5,8H2,1H3/b4-3+. The number of hydrogen-bond donors (Lipinski definition) is 0. The summed E-state index contributed by atoms with van der Waals surface area (Å²) in [5.41, 5.74) is 0.977. The summed E-state index contributed by atoms with van der Waals surface area (Å²) in [5, 5.41) is 0. The van der Waals surface area contributed by atoms with E-state index >= 15 is 0 Å². The fourth-order valence-electron chi connectivity index (χ4n) is 1.81. The number of halogens is 1. The van der Waals surface area contributed by atoms with E-state index in [1.807, 2.05) is 22.8 Å². The SMILES string of the molecule is CC/C=C/CCn1c(=O)cc2ccc(Br)cn21. The van der Waals surface area contributed by atoms with Crippen molar-refractivity contribution in [2.75, 3.05) is 0 Å². The summed E-state index contributed by atoms with van der Waals surface area (Å²) in [6.45, 7) is 2.81. The van der Waals surface area contributed by atoms with Crippen LogP contribution in [0.1, 0.15) is 19.8 Å². The number of hydrogen-bond acceptors (Lipinski definition) is 1. The average molecular weight is 295 g/mol. The molecule has 17 heavy (non-hydrogen) atoms. The van der Waals surface area contributed by atoms with Crippen LogP contribution in [0.25, 0.3) is 5.52 Å². The van der Waals surface area contributed by atoms with Crippen LogP contribution in [0.3, 0.4) is 0 Å². The molecule has 0 unspecified atom stereocenters. The van der Waals surface area contributed by atoms with Gasteiger partial charge in [-0.2, -0.15) is 0 Å². The molecular weight excluding hydrogens is 280 g/mol. The highest BCUT2D eigenvalue weighted by Crippen LogP contribution is 2.11. The van der Waals surface area contributed by atoms with Gasteiger partial charge in [-0.1, -0.05) is 19.1 Å². The highest BCUT2D eigenvalue weighted by atomic mass is 79.9. The number of fused-ring (bicyclic) bond motifs is 1. The van der Waals surface area contributed by atoms with E-state index in [2.05, 4.69) is 35.0 Å². The molecule has 0 spiro atoms. The van der Waals surface area contributed by atoms with Crippen LogP contribution >= 0.6 is 15.9 Å². The number of rotatable bonds is 4. The number of aromatic nitrogens is 2. The second-order valence-electron chi connectivity index (χ2n) is 3.89. The Kier molecular flexibility index (Phi) is 3.84. The molecule has 0 saturated carbocycles. The Morgan fingerprint density at radius 2 is 2.18 bits per heavy atom. The van der Waals surface area contributed by atoms with E-state index in [4.69, 9.17) is 0 Å². The van der Waals surface area contributed by atoms with Gasteiger partial charge in [-0.05, 0) is 40.9 Å². The molecule has 0 fully saturated rings. The maximum atomic E-state index is 11.8. The molecule has 2 aromatic heterocycles. The molecule has 0 N–H and O–H groups in total. The van der Waals surface area contributed by atoms with Crippen LogP contribution in [0.15, 0.2) is 45.8 Å². The minimum atomic E-state index is 0.0491. The van der Waals surface area contributed by atoms with Gasteiger partial charge in [0.2, 0.25) is 0 Å². The zero-order valence-electron chi connectivity index (χ0n) is 9.77. The Hall–Kier alpha value is -1.29. The quantitative estimate of drug-likeness (QED) is 0.795. The molecule has 0 saturated heterocycles. The number of nitrogens with zero attached hydrogens (tertiary/aromatic N) is 2. The van der Waals surface area contributed by atoms with Gasteiger partial charge in [0.1, 0.15) is 0 Å². The third kappa shape index (κ3) is 2.69. The molecule has 0 aliphatic rings. The van der Waals surface area contributed by atoms with Gasteiger partial charge in [-0.25, -0.2) is 4.68 Å². The zero-order chi connectivity index (χ0) is 12.3. The number of allylic oxidation sites excluding steroid dienone is 2. The Morgan fingerprint density at radius 3 is 2.94 bits per heavy atom. The van der Waals surface area contributed by atoms with Gasteiger partial charge in [0, 0.05) is 23.3 Å². The summed E-state index contributed by atoms with van der Waals surface area (Å²) in [6, 6.07) is 5.54. The van der Waals surface area contributed by atoms with E-state index in [1.165, 1.54) is 0 Å². The molecule has 0 aliphatic carbocycles. The van der Waals surface area contributed by atoms with E-state index < -0.39 is 0 Å². The van der Waals surface area contributed by atoms with Crippen LogP contribution in [0.4, 0.5) is 0 Å². The van der Waals surface area contributed by atoms with Crippen molar-refractivity contribution in [3.8, 4) is 0 Å². The highest BCUT2D eigenvalue weighted by molar-refractivity contribution is 9.10. The molecule has 90 valence electrons. The third-order valence-electron chi connectivity index (χ3n) is 2.62. The zero-order valence-corrected chi connectivity index (χ0v) is 11.4. The summed E-state index contributed by atoms with van der Waals surface area (Å²) in [7, 11) is 0. The van der Waals surface area contributed by atoms with Crippen molar-refractivity contribution in [2.45, 2.75) is 26.3 Å². The highest BCUT2D eigenvalue weighted by Gasteiger charge is 2.03. The molecule has 0 aliphatic heterocycles. The van der Waals surface area contributed by atoms with E-state index in [-0.39, 0.29) is 5.56 Å². The van der Waals surface area contributed by atoms with E-state index in [9.17, 15) is 4.79 Å². The predicted molar refractivity (Wildman–Crippen MR) is 73.4 cm³/mol. The van der Waals surface area contributed by atoms with Crippen LogP contribution < -0.4 is 5.56 Å². The van der Waals surface area contributed by atoms with Gasteiger partial charge in [-0.15, -0.1) is 0 Å². The average Bonchev–Trinajstić information content (AvgIpc) is 2.61. The summed E-state index contributed by atoms with van der Waals surface area (Å²) in [4.78, 5) is 11.8. The number of pyridine rings is 1. The van der Waals surface area contributed by atoms with Crippen molar-refractivity contribution in [2.24, 2.45) is 0 Å². The fraction of sp³-hybridized carbons (Fsp3) is 0.308.